The molecule has 0 aliphatic carbocycles. The van der Waals surface area contributed by atoms with Crippen molar-refractivity contribution in [1.29, 1.82) is 0 Å². The zero-order valence-electron chi connectivity index (χ0n) is 17.4. The lowest BCUT2D eigenvalue weighted by molar-refractivity contribution is -0.141. The first-order chi connectivity index (χ1) is 15.1. The molecular formula is C18H29N7O7. The van der Waals surface area contributed by atoms with Gasteiger partial charge in [-0.2, -0.15) is 0 Å². The van der Waals surface area contributed by atoms with Crippen molar-refractivity contribution in [2.75, 3.05) is 13.1 Å². The van der Waals surface area contributed by atoms with Crippen molar-refractivity contribution in [3.8, 4) is 0 Å². The van der Waals surface area contributed by atoms with E-state index in [1.165, 1.54) is 12.5 Å². The molecule has 3 amide bonds. The smallest absolute Gasteiger partial charge is 0.322 e. The third-order valence-corrected chi connectivity index (χ3v) is 4.34. The van der Waals surface area contributed by atoms with Crippen molar-refractivity contribution in [3.05, 3.63) is 18.2 Å². The van der Waals surface area contributed by atoms with E-state index in [0.717, 1.165) is 0 Å². The molecule has 1 heterocycles. The van der Waals surface area contributed by atoms with Gasteiger partial charge in [-0.25, -0.2) is 4.98 Å². The van der Waals surface area contributed by atoms with E-state index >= 15 is 0 Å². The zero-order chi connectivity index (χ0) is 24.1. The van der Waals surface area contributed by atoms with E-state index in [-0.39, 0.29) is 12.8 Å². The van der Waals surface area contributed by atoms with E-state index < -0.39 is 60.8 Å². The van der Waals surface area contributed by atoms with Crippen LogP contribution in [0, 0.1) is 0 Å². The molecule has 0 aliphatic heterocycles. The molecule has 1 aromatic heterocycles. The predicted octanol–water partition coefficient (Wildman–Crippen LogP) is -2.95. The SMILES string of the molecule is NCCCCC(NC(=O)C(CC(=O)O)NC(=O)C(N)Cc1cnc[nH]1)C(=O)NCC(=O)O. The molecule has 14 nitrogen and oxygen atoms in total. The fraction of sp³-hybridized carbons (Fsp3) is 0.556. The minimum Gasteiger partial charge on any atom is -0.481 e. The molecule has 0 saturated heterocycles. The number of imidazole rings is 1. The van der Waals surface area contributed by atoms with Crippen LogP contribution in [0.15, 0.2) is 12.5 Å². The van der Waals surface area contributed by atoms with E-state index in [4.69, 9.17) is 21.7 Å². The van der Waals surface area contributed by atoms with E-state index in [1.807, 2.05) is 0 Å². The highest BCUT2D eigenvalue weighted by molar-refractivity contribution is 5.95. The molecule has 14 heteroatoms. The number of unbranched alkanes of at least 4 members (excludes halogenated alkanes) is 1. The Kier molecular flexibility index (Phi) is 11.4. The molecule has 32 heavy (non-hydrogen) atoms. The van der Waals surface area contributed by atoms with Gasteiger partial charge in [-0.3, -0.25) is 24.0 Å². The number of H-pyrrole nitrogens is 1. The Balaban J connectivity index is 2.83. The average Bonchev–Trinajstić information content (AvgIpc) is 3.23. The molecule has 0 spiro atoms. The highest BCUT2D eigenvalue weighted by atomic mass is 16.4. The minimum absolute atomic E-state index is 0.0759. The molecule has 0 aliphatic rings. The van der Waals surface area contributed by atoms with Crippen LogP contribution in [0.4, 0.5) is 0 Å². The number of aromatic amines is 1. The minimum atomic E-state index is -1.50. The van der Waals surface area contributed by atoms with Gasteiger partial charge in [0.05, 0.1) is 18.8 Å². The second-order valence-electron chi connectivity index (χ2n) is 7.00. The first-order valence-corrected chi connectivity index (χ1v) is 9.89. The summed E-state index contributed by atoms with van der Waals surface area (Å²) in [5.41, 5.74) is 11.8. The number of carboxylic acids is 2. The number of carbonyl (C=O) groups is 5. The van der Waals surface area contributed by atoms with Crippen molar-refractivity contribution < 1.29 is 34.2 Å². The number of rotatable bonds is 15. The van der Waals surface area contributed by atoms with Crippen LogP contribution in [0.25, 0.3) is 0 Å². The van der Waals surface area contributed by atoms with Crippen LogP contribution in [-0.4, -0.2) is 81.1 Å². The van der Waals surface area contributed by atoms with Gasteiger partial charge in [-0.15, -0.1) is 0 Å². The molecule has 0 aromatic carbocycles. The van der Waals surface area contributed by atoms with E-state index in [0.29, 0.717) is 25.1 Å². The number of aromatic nitrogens is 2. The van der Waals surface area contributed by atoms with E-state index in [9.17, 15) is 24.0 Å². The van der Waals surface area contributed by atoms with Crippen molar-refractivity contribution in [2.45, 2.75) is 50.2 Å². The molecule has 178 valence electrons. The van der Waals surface area contributed by atoms with Crippen molar-refractivity contribution >= 4 is 29.7 Å². The van der Waals surface area contributed by atoms with Gasteiger partial charge in [0.2, 0.25) is 17.7 Å². The Hall–Kier alpha value is -3.52. The summed E-state index contributed by atoms with van der Waals surface area (Å²) in [6.07, 6.45) is 3.34. The number of carbonyl (C=O) groups excluding carboxylic acids is 3. The van der Waals surface area contributed by atoms with Gasteiger partial charge < -0.3 is 42.6 Å². The van der Waals surface area contributed by atoms with E-state index in [1.54, 1.807) is 0 Å². The normalized spacial score (nSPS) is 13.4. The number of nitrogens with two attached hydrogens (primary N) is 2. The maximum atomic E-state index is 12.7. The third-order valence-electron chi connectivity index (χ3n) is 4.34. The molecule has 1 rings (SSSR count). The fourth-order valence-electron chi connectivity index (χ4n) is 2.71. The zero-order valence-corrected chi connectivity index (χ0v) is 17.4. The third kappa shape index (κ3) is 9.99. The maximum absolute atomic E-state index is 12.7. The van der Waals surface area contributed by atoms with Crippen LogP contribution in [0.2, 0.25) is 0 Å². The summed E-state index contributed by atoms with van der Waals surface area (Å²) in [6, 6.07) is -3.73. The lowest BCUT2D eigenvalue weighted by Crippen LogP contribution is -2.56. The number of nitrogens with one attached hydrogen (secondary N) is 4. The summed E-state index contributed by atoms with van der Waals surface area (Å²) in [5.74, 6) is -5.07. The van der Waals surface area contributed by atoms with Crippen molar-refractivity contribution in [1.82, 2.24) is 25.9 Å². The van der Waals surface area contributed by atoms with Crippen LogP contribution in [0.5, 0.6) is 0 Å². The second kappa shape index (κ2) is 13.7. The van der Waals surface area contributed by atoms with Crippen molar-refractivity contribution in [2.24, 2.45) is 11.5 Å². The molecule has 0 bridgehead atoms. The molecule has 1 aromatic rings. The maximum Gasteiger partial charge on any atom is 0.322 e. The number of nitrogens with zero attached hydrogens (tertiary/aromatic N) is 1. The van der Waals surface area contributed by atoms with Gasteiger partial charge in [0.15, 0.2) is 0 Å². The topological polar surface area (TPSA) is 243 Å². The largest absolute Gasteiger partial charge is 0.481 e. The van der Waals surface area contributed by atoms with Gasteiger partial charge in [-0.05, 0) is 25.8 Å². The van der Waals surface area contributed by atoms with Crippen LogP contribution in [-0.2, 0) is 30.4 Å². The standard InChI is InChI=1S/C18H29N7O7/c19-4-2-1-3-12(17(31)22-8-15(28)29)24-18(32)13(6-14(26)27)25-16(30)11(20)5-10-7-21-9-23-10/h7,9,11-13H,1-6,8,19-20H2,(H,21,23)(H,22,31)(H,24,32)(H,25,30)(H,26,27)(H,28,29). The summed E-state index contributed by atoms with van der Waals surface area (Å²) < 4.78 is 0. The summed E-state index contributed by atoms with van der Waals surface area (Å²) in [5, 5.41) is 24.7. The van der Waals surface area contributed by atoms with Crippen LogP contribution in [0.1, 0.15) is 31.4 Å². The molecule has 10 N–H and O–H groups in total. The predicted molar refractivity (Wildman–Crippen MR) is 110 cm³/mol. The average molecular weight is 455 g/mol. The number of aliphatic carboxylic acids is 2. The quantitative estimate of drug-likeness (QED) is 0.125. The molecule has 3 atom stereocenters. The van der Waals surface area contributed by atoms with Crippen molar-refractivity contribution in [3.63, 3.8) is 0 Å². The molecule has 3 unspecified atom stereocenters. The number of amides is 3. The lowest BCUT2D eigenvalue weighted by atomic mass is 10.1. The molecule has 0 saturated carbocycles. The number of hydrogen-bond donors (Lipinski definition) is 8. The van der Waals surface area contributed by atoms with Gasteiger partial charge >= 0.3 is 11.9 Å². The van der Waals surface area contributed by atoms with Gasteiger partial charge in [0, 0.05) is 18.3 Å². The lowest BCUT2D eigenvalue weighted by Gasteiger charge is -2.23. The number of hydrogen-bond acceptors (Lipinski definition) is 8. The fourth-order valence-corrected chi connectivity index (χ4v) is 2.71. The Morgan fingerprint density at radius 2 is 1.69 bits per heavy atom. The first-order valence-electron chi connectivity index (χ1n) is 9.89. The molecule has 0 fully saturated rings. The summed E-state index contributed by atoms with van der Waals surface area (Å²) in [4.78, 5) is 65.8. The van der Waals surface area contributed by atoms with Gasteiger partial charge in [0.25, 0.3) is 0 Å². The Morgan fingerprint density at radius 3 is 2.25 bits per heavy atom. The first kappa shape index (κ1) is 26.5. The number of carboxylic acid groups (broad SMARTS) is 2. The van der Waals surface area contributed by atoms with Gasteiger partial charge in [-0.1, -0.05) is 0 Å². The summed E-state index contributed by atoms with van der Waals surface area (Å²) >= 11 is 0. The Labute approximate surface area is 183 Å². The Morgan fingerprint density at radius 1 is 1.00 bits per heavy atom. The van der Waals surface area contributed by atoms with Crippen LogP contribution < -0.4 is 27.4 Å². The van der Waals surface area contributed by atoms with E-state index in [2.05, 4.69) is 25.9 Å². The summed E-state index contributed by atoms with van der Waals surface area (Å²) in [6.45, 7) is -0.302. The summed E-state index contributed by atoms with van der Waals surface area (Å²) in [7, 11) is 0. The highest BCUT2D eigenvalue weighted by Gasteiger charge is 2.29. The Bertz CT molecular complexity index is 785. The molecule has 0 radical (unpaired) electrons. The molecular weight excluding hydrogens is 426 g/mol. The van der Waals surface area contributed by atoms with Gasteiger partial charge in [0.1, 0.15) is 18.6 Å². The highest BCUT2D eigenvalue weighted by Crippen LogP contribution is 2.04. The second-order valence-corrected chi connectivity index (χ2v) is 7.00. The van der Waals surface area contributed by atoms with Crippen LogP contribution >= 0.6 is 0 Å². The monoisotopic (exact) mass is 455 g/mol. The van der Waals surface area contributed by atoms with Crippen LogP contribution in [0.3, 0.4) is 0 Å².